The van der Waals surface area contributed by atoms with Crippen molar-refractivity contribution in [1.29, 1.82) is 0 Å². The quantitative estimate of drug-likeness (QED) is 0.770. The fourth-order valence-electron chi connectivity index (χ4n) is 2.37. The molecule has 0 fully saturated rings. The summed E-state index contributed by atoms with van der Waals surface area (Å²) >= 11 is 3.22. The smallest absolute Gasteiger partial charge is 0.251 e. The minimum Gasteiger partial charge on any atom is -0.454 e. The van der Waals surface area contributed by atoms with Crippen LogP contribution in [0.2, 0.25) is 0 Å². The highest BCUT2D eigenvalue weighted by atomic mass is 79.9. The third kappa shape index (κ3) is 3.69. The molecule has 9 heteroatoms. The molecule has 1 aliphatic heterocycles. The summed E-state index contributed by atoms with van der Waals surface area (Å²) in [5.41, 5.74) is 1.11. The molecule has 0 saturated carbocycles. The molecule has 2 aromatic rings. The van der Waals surface area contributed by atoms with Crippen LogP contribution in [-0.2, 0) is 16.6 Å². The molecule has 2 aromatic carbocycles. The van der Waals surface area contributed by atoms with Crippen LogP contribution in [0.1, 0.15) is 15.9 Å². The zero-order valence-corrected chi connectivity index (χ0v) is 16.6. The van der Waals surface area contributed by atoms with Gasteiger partial charge < -0.3 is 14.8 Å². The van der Waals surface area contributed by atoms with Gasteiger partial charge in [0.05, 0.1) is 4.90 Å². The molecule has 7 nitrogen and oxygen atoms in total. The number of sulfonamides is 1. The number of carbonyl (C=O) groups is 1. The van der Waals surface area contributed by atoms with E-state index in [9.17, 15) is 13.2 Å². The van der Waals surface area contributed by atoms with Crippen molar-refractivity contribution in [3.63, 3.8) is 0 Å². The number of hydrogen-bond acceptors (Lipinski definition) is 5. The Bertz CT molecular complexity index is 960. The predicted molar refractivity (Wildman–Crippen MR) is 98.8 cm³/mol. The minimum atomic E-state index is -3.66. The molecule has 1 N–H and O–H groups in total. The highest BCUT2D eigenvalue weighted by molar-refractivity contribution is 9.10. The summed E-state index contributed by atoms with van der Waals surface area (Å²) in [6, 6.07) is 9.88. The fraction of sp³-hybridized carbons (Fsp3) is 0.235. The molecule has 0 aliphatic carbocycles. The van der Waals surface area contributed by atoms with Crippen LogP contribution in [0.25, 0.3) is 0 Å². The average Bonchev–Trinajstić information content (AvgIpc) is 3.07. The van der Waals surface area contributed by atoms with Crippen molar-refractivity contribution in [3.05, 3.63) is 52.0 Å². The van der Waals surface area contributed by atoms with Crippen molar-refractivity contribution < 1.29 is 22.7 Å². The normalized spacial score (nSPS) is 13.1. The highest BCUT2D eigenvalue weighted by Crippen LogP contribution is 2.32. The van der Waals surface area contributed by atoms with E-state index in [-0.39, 0.29) is 29.7 Å². The Kier molecular flexibility index (Phi) is 5.22. The zero-order valence-electron chi connectivity index (χ0n) is 14.2. The number of ether oxygens (including phenoxy) is 2. The maximum atomic E-state index is 12.4. The van der Waals surface area contributed by atoms with E-state index in [4.69, 9.17) is 9.47 Å². The van der Waals surface area contributed by atoms with E-state index in [1.54, 1.807) is 24.3 Å². The highest BCUT2D eigenvalue weighted by Gasteiger charge is 2.22. The van der Waals surface area contributed by atoms with Crippen molar-refractivity contribution >= 4 is 31.9 Å². The Morgan fingerprint density at radius 1 is 1.15 bits per heavy atom. The number of hydrogen-bond donors (Lipinski definition) is 1. The number of nitrogens with one attached hydrogen (secondary N) is 1. The van der Waals surface area contributed by atoms with Gasteiger partial charge >= 0.3 is 0 Å². The van der Waals surface area contributed by atoms with Crippen LogP contribution in [0.15, 0.2) is 45.8 Å². The molecule has 26 heavy (non-hydrogen) atoms. The Morgan fingerprint density at radius 2 is 1.88 bits per heavy atom. The van der Waals surface area contributed by atoms with Crippen molar-refractivity contribution in [1.82, 2.24) is 9.62 Å². The molecule has 1 aliphatic rings. The first-order chi connectivity index (χ1) is 12.3. The summed E-state index contributed by atoms with van der Waals surface area (Å²) in [5, 5.41) is 2.77. The lowest BCUT2D eigenvalue weighted by Gasteiger charge is -2.14. The number of carbonyl (C=O) groups excluding carboxylic acids is 1. The van der Waals surface area contributed by atoms with Crippen molar-refractivity contribution in [2.45, 2.75) is 11.4 Å². The number of amides is 1. The van der Waals surface area contributed by atoms with Gasteiger partial charge in [-0.05, 0) is 51.8 Å². The molecule has 0 atom stereocenters. The van der Waals surface area contributed by atoms with Gasteiger partial charge in [-0.1, -0.05) is 6.07 Å². The number of nitrogens with zero attached hydrogens (tertiary/aromatic N) is 1. The molecule has 3 rings (SSSR count). The van der Waals surface area contributed by atoms with Crippen molar-refractivity contribution in [3.8, 4) is 11.5 Å². The van der Waals surface area contributed by atoms with E-state index in [1.165, 1.54) is 20.2 Å². The van der Waals surface area contributed by atoms with Gasteiger partial charge in [-0.25, -0.2) is 12.7 Å². The molecule has 1 heterocycles. The van der Waals surface area contributed by atoms with E-state index < -0.39 is 10.0 Å². The summed E-state index contributed by atoms with van der Waals surface area (Å²) in [4.78, 5) is 12.5. The SMILES string of the molecule is CN(C)S(=O)(=O)c1cc(C(=O)NCc2ccc3c(c2)OCO3)ccc1Br. The van der Waals surface area contributed by atoms with Crippen LogP contribution < -0.4 is 14.8 Å². The lowest BCUT2D eigenvalue weighted by atomic mass is 10.2. The molecule has 0 radical (unpaired) electrons. The third-order valence-electron chi connectivity index (χ3n) is 3.84. The van der Waals surface area contributed by atoms with Crippen LogP contribution in [0, 0.1) is 0 Å². The summed E-state index contributed by atoms with van der Waals surface area (Å²) in [5.74, 6) is 0.941. The van der Waals surface area contributed by atoms with Crippen LogP contribution in [-0.4, -0.2) is 39.5 Å². The average molecular weight is 441 g/mol. The van der Waals surface area contributed by atoms with E-state index in [2.05, 4.69) is 21.2 Å². The summed E-state index contributed by atoms with van der Waals surface area (Å²) in [6.07, 6.45) is 0. The first-order valence-corrected chi connectivity index (χ1v) is 9.91. The molecule has 0 unspecified atom stereocenters. The second-order valence-electron chi connectivity index (χ2n) is 5.80. The molecule has 138 valence electrons. The van der Waals surface area contributed by atoms with Gasteiger partial charge in [0.25, 0.3) is 5.91 Å². The van der Waals surface area contributed by atoms with Gasteiger partial charge in [0.2, 0.25) is 16.8 Å². The number of fused-ring (bicyclic) bond motifs is 1. The lowest BCUT2D eigenvalue weighted by molar-refractivity contribution is 0.0950. The molecule has 0 bridgehead atoms. The van der Waals surface area contributed by atoms with Crippen LogP contribution >= 0.6 is 15.9 Å². The summed E-state index contributed by atoms with van der Waals surface area (Å²) in [7, 11) is -0.784. The topological polar surface area (TPSA) is 84.9 Å². The van der Waals surface area contributed by atoms with Gasteiger partial charge in [-0.2, -0.15) is 0 Å². The molecule has 0 spiro atoms. The van der Waals surface area contributed by atoms with E-state index in [1.807, 2.05) is 6.07 Å². The van der Waals surface area contributed by atoms with E-state index >= 15 is 0 Å². The third-order valence-corrected chi connectivity index (χ3v) is 6.65. The number of halogens is 1. The van der Waals surface area contributed by atoms with E-state index in [0.717, 1.165) is 9.87 Å². The first-order valence-electron chi connectivity index (χ1n) is 7.68. The second kappa shape index (κ2) is 7.26. The van der Waals surface area contributed by atoms with E-state index in [0.29, 0.717) is 16.0 Å². The van der Waals surface area contributed by atoms with Gasteiger partial charge in [0.1, 0.15) is 0 Å². The Hall–Kier alpha value is -2.10. The zero-order chi connectivity index (χ0) is 18.9. The van der Waals surface area contributed by atoms with Crippen LogP contribution in [0.4, 0.5) is 0 Å². The fourth-order valence-corrected chi connectivity index (χ4v) is 4.22. The van der Waals surface area contributed by atoms with Crippen LogP contribution in [0.3, 0.4) is 0 Å². The van der Waals surface area contributed by atoms with Gasteiger partial charge in [-0.3, -0.25) is 4.79 Å². The lowest BCUT2D eigenvalue weighted by Crippen LogP contribution is -2.25. The molecule has 0 saturated heterocycles. The standard InChI is InChI=1S/C17H17BrN2O5S/c1-20(2)26(22,23)16-8-12(4-5-13(16)18)17(21)19-9-11-3-6-14-15(7-11)25-10-24-14/h3-8H,9-10H2,1-2H3,(H,19,21). The summed E-state index contributed by atoms with van der Waals surface area (Å²) < 4.78 is 36.8. The maximum absolute atomic E-state index is 12.4. The monoisotopic (exact) mass is 440 g/mol. The maximum Gasteiger partial charge on any atom is 0.251 e. The summed E-state index contributed by atoms with van der Waals surface area (Å²) in [6.45, 7) is 0.467. The molecular weight excluding hydrogens is 424 g/mol. The number of rotatable bonds is 5. The first kappa shape index (κ1) is 18.7. The Morgan fingerprint density at radius 3 is 2.62 bits per heavy atom. The van der Waals surface area contributed by atoms with Gasteiger partial charge in [-0.15, -0.1) is 0 Å². The largest absolute Gasteiger partial charge is 0.454 e. The number of benzene rings is 2. The molecule has 1 amide bonds. The van der Waals surface area contributed by atoms with Gasteiger partial charge in [0.15, 0.2) is 11.5 Å². The Labute approximate surface area is 160 Å². The molecule has 0 aromatic heterocycles. The van der Waals surface area contributed by atoms with Crippen molar-refractivity contribution in [2.75, 3.05) is 20.9 Å². The van der Waals surface area contributed by atoms with Crippen molar-refractivity contribution in [2.24, 2.45) is 0 Å². The molecular formula is C17H17BrN2O5S. The predicted octanol–water partition coefficient (Wildman–Crippen LogP) is 2.36. The van der Waals surface area contributed by atoms with Gasteiger partial charge in [0, 0.05) is 30.7 Å². The second-order valence-corrected chi connectivity index (χ2v) is 8.78. The minimum absolute atomic E-state index is 0.0400. The Balaban J connectivity index is 1.76. The van der Waals surface area contributed by atoms with Crippen LogP contribution in [0.5, 0.6) is 11.5 Å².